The second-order valence-electron chi connectivity index (χ2n) is 6.56. The van der Waals surface area contributed by atoms with E-state index < -0.39 is 0 Å². The molecule has 1 saturated heterocycles. The van der Waals surface area contributed by atoms with E-state index in [4.69, 9.17) is 9.73 Å². The van der Waals surface area contributed by atoms with Crippen LogP contribution in [0.3, 0.4) is 0 Å². The molecule has 26 heavy (non-hydrogen) atoms. The molecule has 5 nitrogen and oxygen atoms in total. The van der Waals surface area contributed by atoms with Crippen molar-refractivity contribution in [1.29, 1.82) is 0 Å². The molecule has 1 aliphatic rings. The third-order valence-electron chi connectivity index (χ3n) is 4.46. The fourth-order valence-electron chi connectivity index (χ4n) is 3.15. The van der Waals surface area contributed by atoms with Gasteiger partial charge in [0.2, 0.25) is 0 Å². The molecule has 1 N–H and O–H groups in total. The number of para-hydroxylation sites is 1. The number of ether oxygens (including phenoxy) is 1. The molecule has 0 spiro atoms. The molecule has 0 aliphatic carbocycles. The summed E-state index contributed by atoms with van der Waals surface area (Å²) in [6.07, 6.45) is 2.28. The fraction of sp³-hybridized carbons (Fsp3) is 0.429. The van der Waals surface area contributed by atoms with Gasteiger partial charge in [-0.1, -0.05) is 24.3 Å². The highest BCUT2D eigenvalue weighted by molar-refractivity contribution is 5.80. The monoisotopic (exact) mass is 352 g/mol. The zero-order valence-electron chi connectivity index (χ0n) is 15.7. The number of guanidine groups is 1. The predicted octanol–water partition coefficient (Wildman–Crippen LogP) is 3.40. The largest absolute Gasteiger partial charge is 0.490 e. The number of aryl methyl sites for hydroxylation is 1. The Morgan fingerprint density at radius 2 is 1.92 bits per heavy atom. The van der Waals surface area contributed by atoms with Crippen LogP contribution in [0, 0.1) is 6.92 Å². The SMILES string of the molecule is CCNC(=NCc1cccc(C)n1)N1CCC(Oc2ccccc2)CC1. The number of piperidine rings is 1. The van der Waals surface area contributed by atoms with E-state index in [2.05, 4.69) is 22.1 Å². The van der Waals surface area contributed by atoms with Crippen molar-refractivity contribution >= 4 is 5.96 Å². The summed E-state index contributed by atoms with van der Waals surface area (Å²) in [5, 5.41) is 3.41. The van der Waals surface area contributed by atoms with Gasteiger partial charge in [0.25, 0.3) is 0 Å². The Balaban J connectivity index is 1.56. The first-order valence-corrected chi connectivity index (χ1v) is 9.42. The number of rotatable bonds is 5. The average Bonchev–Trinajstić information content (AvgIpc) is 2.67. The summed E-state index contributed by atoms with van der Waals surface area (Å²) < 4.78 is 6.09. The molecule has 0 unspecified atom stereocenters. The number of aromatic nitrogens is 1. The van der Waals surface area contributed by atoms with Gasteiger partial charge in [0.15, 0.2) is 5.96 Å². The van der Waals surface area contributed by atoms with Crippen LogP contribution in [0.5, 0.6) is 5.75 Å². The summed E-state index contributed by atoms with van der Waals surface area (Å²) in [4.78, 5) is 11.6. The number of aliphatic imine (C=N–C) groups is 1. The Labute approximate surface area is 156 Å². The van der Waals surface area contributed by atoms with Gasteiger partial charge in [-0.25, -0.2) is 4.99 Å². The van der Waals surface area contributed by atoms with Crippen LogP contribution in [0.25, 0.3) is 0 Å². The summed E-state index contributed by atoms with van der Waals surface area (Å²) in [5.74, 6) is 1.92. The summed E-state index contributed by atoms with van der Waals surface area (Å²) in [5.41, 5.74) is 2.03. The number of likely N-dealkylation sites (tertiary alicyclic amines) is 1. The topological polar surface area (TPSA) is 49.8 Å². The zero-order valence-corrected chi connectivity index (χ0v) is 15.7. The maximum atomic E-state index is 6.09. The van der Waals surface area contributed by atoms with Gasteiger partial charge in [-0.2, -0.15) is 0 Å². The first-order valence-electron chi connectivity index (χ1n) is 9.42. The number of pyridine rings is 1. The van der Waals surface area contributed by atoms with E-state index in [-0.39, 0.29) is 6.10 Å². The number of hydrogen-bond donors (Lipinski definition) is 1. The molecule has 0 amide bonds. The highest BCUT2D eigenvalue weighted by Crippen LogP contribution is 2.18. The summed E-state index contributed by atoms with van der Waals surface area (Å²) in [6.45, 7) is 7.47. The van der Waals surface area contributed by atoms with E-state index in [9.17, 15) is 0 Å². The number of benzene rings is 1. The Hall–Kier alpha value is -2.56. The van der Waals surface area contributed by atoms with Crippen molar-refractivity contribution in [3.8, 4) is 5.75 Å². The van der Waals surface area contributed by atoms with Gasteiger partial charge in [0.1, 0.15) is 11.9 Å². The quantitative estimate of drug-likeness (QED) is 0.662. The van der Waals surface area contributed by atoms with Crippen LogP contribution in [0.1, 0.15) is 31.2 Å². The van der Waals surface area contributed by atoms with Crippen LogP contribution in [0.15, 0.2) is 53.5 Å². The van der Waals surface area contributed by atoms with Crippen LogP contribution in [-0.4, -0.2) is 41.6 Å². The van der Waals surface area contributed by atoms with Crippen molar-refractivity contribution in [2.45, 2.75) is 39.3 Å². The molecule has 1 aromatic heterocycles. The molecule has 5 heteroatoms. The van der Waals surface area contributed by atoms with Crippen LogP contribution in [0.4, 0.5) is 0 Å². The van der Waals surface area contributed by atoms with E-state index >= 15 is 0 Å². The Morgan fingerprint density at radius 3 is 2.62 bits per heavy atom. The molecule has 2 aromatic rings. The minimum absolute atomic E-state index is 0.273. The van der Waals surface area contributed by atoms with Gasteiger partial charge in [-0.15, -0.1) is 0 Å². The molecule has 0 saturated carbocycles. The molecule has 1 fully saturated rings. The average molecular weight is 352 g/mol. The third kappa shape index (κ3) is 5.22. The van der Waals surface area contributed by atoms with E-state index in [1.165, 1.54) is 0 Å². The lowest BCUT2D eigenvalue weighted by Gasteiger charge is -2.34. The molecular weight excluding hydrogens is 324 g/mol. The van der Waals surface area contributed by atoms with Crippen molar-refractivity contribution in [1.82, 2.24) is 15.2 Å². The van der Waals surface area contributed by atoms with Gasteiger partial charge in [0.05, 0.1) is 12.2 Å². The third-order valence-corrected chi connectivity index (χ3v) is 4.46. The van der Waals surface area contributed by atoms with Gasteiger partial charge in [-0.05, 0) is 38.1 Å². The molecule has 1 aromatic carbocycles. The lowest BCUT2D eigenvalue weighted by molar-refractivity contribution is 0.129. The highest BCUT2D eigenvalue weighted by Gasteiger charge is 2.22. The van der Waals surface area contributed by atoms with Gasteiger partial charge < -0.3 is 15.0 Å². The second-order valence-corrected chi connectivity index (χ2v) is 6.56. The summed E-state index contributed by atoms with van der Waals surface area (Å²) in [6, 6.07) is 16.2. The minimum Gasteiger partial charge on any atom is -0.490 e. The van der Waals surface area contributed by atoms with Gasteiger partial charge in [-0.3, -0.25) is 4.98 Å². The smallest absolute Gasteiger partial charge is 0.194 e. The van der Waals surface area contributed by atoms with E-state index in [0.717, 1.165) is 55.6 Å². The Bertz CT molecular complexity index is 709. The summed E-state index contributed by atoms with van der Waals surface area (Å²) in [7, 11) is 0. The standard InChI is InChI=1S/C21H28N4O/c1-3-22-21(23-16-18-9-7-8-17(2)24-18)25-14-12-20(13-15-25)26-19-10-5-4-6-11-19/h4-11,20H,3,12-16H2,1-2H3,(H,22,23). The van der Waals surface area contributed by atoms with E-state index in [1.54, 1.807) is 0 Å². The molecule has 2 heterocycles. The molecule has 0 bridgehead atoms. The maximum absolute atomic E-state index is 6.09. The van der Waals surface area contributed by atoms with Crippen molar-refractivity contribution < 1.29 is 4.74 Å². The van der Waals surface area contributed by atoms with Crippen molar-refractivity contribution in [2.24, 2.45) is 4.99 Å². The Kier molecular flexibility index (Phi) is 6.47. The summed E-state index contributed by atoms with van der Waals surface area (Å²) >= 11 is 0. The minimum atomic E-state index is 0.273. The lowest BCUT2D eigenvalue weighted by atomic mass is 10.1. The van der Waals surface area contributed by atoms with Crippen LogP contribution < -0.4 is 10.1 Å². The second kappa shape index (κ2) is 9.22. The van der Waals surface area contributed by atoms with Crippen molar-refractivity contribution in [3.63, 3.8) is 0 Å². The zero-order chi connectivity index (χ0) is 18.2. The molecule has 1 aliphatic heterocycles. The van der Waals surface area contributed by atoms with E-state index in [0.29, 0.717) is 6.54 Å². The van der Waals surface area contributed by atoms with Gasteiger partial charge >= 0.3 is 0 Å². The molecule has 138 valence electrons. The van der Waals surface area contributed by atoms with Crippen LogP contribution in [-0.2, 0) is 6.54 Å². The van der Waals surface area contributed by atoms with Crippen LogP contribution >= 0.6 is 0 Å². The molecule has 0 atom stereocenters. The van der Waals surface area contributed by atoms with Crippen molar-refractivity contribution in [2.75, 3.05) is 19.6 Å². The number of hydrogen-bond acceptors (Lipinski definition) is 3. The molecule has 0 radical (unpaired) electrons. The number of nitrogens with zero attached hydrogens (tertiary/aromatic N) is 3. The van der Waals surface area contributed by atoms with Crippen molar-refractivity contribution in [3.05, 3.63) is 59.9 Å². The van der Waals surface area contributed by atoms with E-state index in [1.807, 2.05) is 55.5 Å². The lowest BCUT2D eigenvalue weighted by Crippen LogP contribution is -2.47. The first-order chi connectivity index (χ1) is 12.7. The van der Waals surface area contributed by atoms with Gasteiger partial charge in [0, 0.05) is 38.2 Å². The fourth-order valence-corrected chi connectivity index (χ4v) is 3.15. The number of nitrogens with one attached hydrogen (secondary N) is 1. The van der Waals surface area contributed by atoms with Crippen LogP contribution in [0.2, 0.25) is 0 Å². The highest BCUT2D eigenvalue weighted by atomic mass is 16.5. The molecule has 3 rings (SSSR count). The first kappa shape index (κ1) is 18.2. The maximum Gasteiger partial charge on any atom is 0.194 e. The molecular formula is C21H28N4O. The normalized spacial score (nSPS) is 15.8. The predicted molar refractivity (Wildman–Crippen MR) is 105 cm³/mol. The Morgan fingerprint density at radius 1 is 1.15 bits per heavy atom.